The molecule has 0 aromatic carbocycles. The highest BCUT2D eigenvalue weighted by Crippen LogP contribution is 2.25. The van der Waals surface area contributed by atoms with Gasteiger partial charge in [-0.3, -0.25) is 4.68 Å². The molecule has 1 aliphatic rings. The van der Waals surface area contributed by atoms with E-state index in [4.69, 9.17) is 22.7 Å². The van der Waals surface area contributed by atoms with Gasteiger partial charge < -0.3 is 15.4 Å². The Kier molecular flexibility index (Phi) is 3.87. The predicted octanol–water partition coefficient (Wildman–Crippen LogP) is 0.978. The fourth-order valence-electron chi connectivity index (χ4n) is 2.46. The van der Waals surface area contributed by atoms with Crippen LogP contribution >= 0.6 is 12.2 Å². The number of nitrogens with two attached hydrogens (primary N) is 1. The zero-order chi connectivity index (χ0) is 13.3. The van der Waals surface area contributed by atoms with Gasteiger partial charge in [0.15, 0.2) is 0 Å². The molecule has 2 rings (SSSR count). The highest BCUT2D eigenvalue weighted by Gasteiger charge is 2.26. The van der Waals surface area contributed by atoms with Crippen molar-refractivity contribution >= 4 is 23.0 Å². The molecule has 1 aromatic rings. The van der Waals surface area contributed by atoms with Crippen molar-refractivity contribution < 1.29 is 4.74 Å². The van der Waals surface area contributed by atoms with E-state index in [0.717, 1.165) is 43.2 Å². The molecule has 6 heteroatoms. The molecule has 5 nitrogen and oxygen atoms in total. The summed E-state index contributed by atoms with van der Waals surface area (Å²) in [6, 6.07) is 0. The van der Waals surface area contributed by atoms with Gasteiger partial charge in [-0.25, -0.2) is 0 Å². The highest BCUT2D eigenvalue weighted by molar-refractivity contribution is 7.80. The number of aryl methyl sites for hydroxylation is 2. The summed E-state index contributed by atoms with van der Waals surface area (Å²) in [4.78, 5) is 2.68. The lowest BCUT2D eigenvalue weighted by Crippen LogP contribution is -2.43. The molecule has 1 saturated heterocycles. The molecule has 2 heterocycles. The smallest absolute Gasteiger partial charge is 0.137 e. The van der Waals surface area contributed by atoms with Crippen LogP contribution in [-0.4, -0.2) is 40.6 Å². The van der Waals surface area contributed by atoms with Gasteiger partial charge in [-0.15, -0.1) is 0 Å². The Balaban J connectivity index is 2.35. The Morgan fingerprint density at radius 3 is 2.94 bits per heavy atom. The molecule has 0 bridgehead atoms. The van der Waals surface area contributed by atoms with Gasteiger partial charge in [0, 0.05) is 20.1 Å². The zero-order valence-electron chi connectivity index (χ0n) is 11.1. The Labute approximate surface area is 113 Å². The molecule has 0 amide bonds. The molecule has 18 heavy (non-hydrogen) atoms. The monoisotopic (exact) mass is 268 g/mol. The number of rotatable bonds is 3. The summed E-state index contributed by atoms with van der Waals surface area (Å²) in [7, 11) is 1.93. The van der Waals surface area contributed by atoms with E-state index in [1.54, 1.807) is 0 Å². The van der Waals surface area contributed by atoms with Gasteiger partial charge in [0.2, 0.25) is 0 Å². The number of hydrogen-bond donors (Lipinski definition) is 1. The molecule has 0 saturated carbocycles. The van der Waals surface area contributed by atoms with Crippen LogP contribution in [0.3, 0.4) is 0 Å². The average Bonchev–Trinajstić information content (AvgIpc) is 2.64. The molecule has 1 unspecified atom stereocenters. The number of anilines is 1. The third kappa shape index (κ3) is 2.35. The first-order valence-electron chi connectivity index (χ1n) is 6.24. The van der Waals surface area contributed by atoms with E-state index in [1.807, 2.05) is 18.7 Å². The number of aromatic nitrogens is 2. The maximum Gasteiger partial charge on any atom is 0.137 e. The second kappa shape index (κ2) is 5.24. The third-order valence-electron chi connectivity index (χ3n) is 3.33. The van der Waals surface area contributed by atoms with Gasteiger partial charge >= 0.3 is 0 Å². The van der Waals surface area contributed by atoms with Gasteiger partial charge in [0.05, 0.1) is 24.0 Å². The molecular formula is C12H20N4OS. The number of morpholine rings is 1. The van der Waals surface area contributed by atoms with E-state index >= 15 is 0 Å². The van der Waals surface area contributed by atoms with Crippen molar-refractivity contribution in [1.29, 1.82) is 0 Å². The Bertz CT molecular complexity index is 457. The first-order valence-corrected chi connectivity index (χ1v) is 6.65. The number of ether oxygens (including phenoxy) is 1. The fraction of sp³-hybridized carbons (Fsp3) is 0.667. The van der Waals surface area contributed by atoms with Crippen molar-refractivity contribution in [2.45, 2.75) is 26.4 Å². The van der Waals surface area contributed by atoms with Crippen LogP contribution in [0.15, 0.2) is 0 Å². The first kappa shape index (κ1) is 13.3. The van der Waals surface area contributed by atoms with Crippen LogP contribution in [0.1, 0.15) is 24.6 Å². The number of hydrogen-bond acceptors (Lipinski definition) is 4. The molecule has 0 aliphatic carbocycles. The van der Waals surface area contributed by atoms with Crippen LogP contribution in [0.25, 0.3) is 0 Å². The van der Waals surface area contributed by atoms with E-state index in [1.165, 1.54) is 0 Å². The van der Waals surface area contributed by atoms with Gasteiger partial charge in [-0.2, -0.15) is 5.10 Å². The van der Waals surface area contributed by atoms with Crippen LogP contribution in [-0.2, 0) is 11.8 Å². The minimum absolute atomic E-state index is 0.271. The van der Waals surface area contributed by atoms with E-state index < -0.39 is 0 Å². The third-order valence-corrected chi connectivity index (χ3v) is 3.54. The number of nitrogens with zero attached hydrogens (tertiary/aromatic N) is 3. The van der Waals surface area contributed by atoms with Gasteiger partial charge in [0.25, 0.3) is 0 Å². The Hall–Kier alpha value is -1.14. The average molecular weight is 268 g/mol. The summed E-state index contributed by atoms with van der Waals surface area (Å²) < 4.78 is 7.55. The zero-order valence-corrected chi connectivity index (χ0v) is 12.0. The van der Waals surface area contributed by atoms with Crippen LogP contribution in [0.2, 0.25) is 0 Å². The van der Waals surface area contributed by atoms with Crippen molar-refractivity contribution in [1.82, 2.24) is 9.78 Å². The van der Waals surface area contributed by atoms with E-state index in [-0.39, 0.29) is 6.10 Å². The minimum atomic E-state index is 0.271. The predicted molar refractivity (Wildman–Crippen MR) is 76.1 cm³/mol. The summed E-state index contributed by atoms with van der Waals surface area (Å²) in [5.74, 6) is 1.02. The lowest BCUT2D eigenvalue weighted by Gasteiger charge is -2.34. The lowest BCUT2D eigenvalue weighted by molar-refractivity contribution is 0.0379. The number of thiocarbonyl (C=S) groups is 1. The largest absolute Gasteiger partial charge is 0.389 e. The Morgan fingerprint density at radius 2 is 2.33 bits per heavy atom. The van der Waals surface area contributed by atoms with Crippen LogP contribution in [0, 0.1) is 6.92 Å². The summed E-state index contributed by atoms with van der Waals surface area (Å²) >= 11 is 5.14. The van der Waals surface area contributed by atoms with Crippen molar-refractivity contribution in [3.8, 4) is 0 Å². The summed E-state index contributed by atoms with van der Waals surface area (Å²) in [5.41, 5.74) is 7.60. The molecule has 1 atom stereocenters. The van der Waals surface area contributed by atoms with Crippen LogP contribution < -0.4 is 10.6 Å². The minimum Gasteiger partial charge on any atom is -0.389 e. The first-order chi connectivity index (χ1) is 8.54. The normalized spacial score (nSPS) is 20.2. The van der Waals surface area contributed by atoms with Crippen molar-refractivity contribution in [2.24, 2.45) is 12.8 Å². The van der Waals surface area contributed by atoms with Gasteiger partial charge in [0.1, 0.15) is 10.8 Å². The molecule has 0 spiro atoms. The van der Waals surface area contributed by atoms with Crippen molar-refractivity contribution in [2.75, 3.05) is 24.6 Å². The molecular weight excluding hydrogens is 248 g/mol. The molecule has 1 aromatic heterocycles. The van der Waals surface area contributed by atoms with Crippen LogP contribution in [0.5, 0.6) is 0 Å². The second-order valence-electron chi connectivity index (χ2n) is 4.62. The SMILES string of the molecule is CCC1CN(c2c(C(N)=S)c(C)nn2C)CCO1. The van der Waals surface area contributed by atoms with Crippen LogP contribution in [0.4, 0.5) is 5.82 Å². The van der Waals surface area contributed by atoms with Crippen molar-refractivity contribution in [3.05, 3.63) is 11.3 Å². The lowest BCUT2D eigenvalue weighted by atomic mass is 10.2. The molecule has 2 N–H and O–H groups in total. The summed E-state index contributed by atoms with van der Waals surface area (Å²) in [6.07, 6.45) is 1.28. The maximum absolute atomic E-state index is 5.82. The summed E-state index contributed by atoms with van der Waals surface area (Å²) in [6.45, 7) is 6.53. The second-order valence-corrected chi connectivity index (χ2v) is 5.06. The van der Waals surface area contributed by atoms with Crippen molar-refractivity contribution in [3.63, 3.8) is 0 Å². The van der Waals surface area contributed by atoms with E-state index in [0.29, 0.717) is 4.99 Å². The molecule has 1 fully saturated rings. The van der Waals surface area contributed by atoms with E-state index in [2.05, 4.69) is 16.9 Å². The topological polar surface area (TPSA) is 56.3 Å². The maximum atomic E-state index is 5.82. The summed E-state index contributed by atoms with van der Waals surface area (Å²) in [5, 5.41) is 4.43. The highest BCUT2D eigenvalue weighted by atomic mass is 32.1. The standard InChI is InChI=1S/C12H20N4OS/c1-4-9-7-16(5-6-17-9)12-10(11(13)18)8(2)14-15(12)3/h9H,4-7H2,1-3H3,(H2,13,18). The molecule has 0 radical (unpaired) electrons. The molecule has 1 aliphatic heterocycles. The van der Waals surface area contributed by atoms with E-state index in [9.17, 15) is 0 Å². The molecule has 100 valence electrons. The quantitative estimate of drug-likeness (QED) is 0.828. The van der Waals surface area contributed by atoms with Gasteiger partial charge in [-0.1, -0.05) is 19.1 Å². The van der Waals surface area contributed by atoms with Gasteiger partial charge in [-0.05, 0) is 13.3 Å². The fourth-order valence-corrected chi connectivity index (χ4v) is 2.69. The Morgan fingerprint density at radius 1 is 1.61 bits per heavy atom.